The number of hydrogen-bond donors (Lipinski definition) is 2. The lowest BCUT2D eigenvalue weighted by Gasteiger charge is -2.15. The van der Waals surface area contributed by atoms with Crippen LogP contribution in [0.1, 0.15) is 32.8 Å². The van der Waals surface area contributed by atoms with Gasteiger partial charge >= 0.3 is 0 Å². The van der Waals surface area contributed by atoms with E-state index >= 15 is 0 Å². The minimum Gasteiger partial charge on any atom is -0.489 e. The number of aryl methyl sites for hydroxylation is 1. The largest absolute Gasteiger partial charge is 0.489 e. The summed E-state index contributed by atoms with van der Waals surface area (Å²) in [5.41, 5.74) is 1.24. The highest BCUT2D eigenvalue weighted by molar-refractivity contribution is 14.0. The van der Waals surface area contributed by atoms with Crippen LogP contribution in [0.4, 0.5) is 0 Å². The lowest BCUT2D eigenvalue weighted by molar-refractivity contribution is 0.230. The van der Waals surface area contributed by atoms with Crippen molar-refractivity contribution in [3.05, 3.63) is 29.8 Å². The van der Waals surface area contributed by atoms with Crippen molar-refractivity contribution in [3.8, 4) is 5.75 Å². The van der Waals surface area contributed by atoms with Gasteiger partial charge in [-0.1, -0.05) is 24.6 Å². The Balaban J connectivity index is 0.00000242. The molecular weight excluding hydrogens is 389 g/mol. The Hall–Kier alpha value is -0.980. The average molecular weight is 417 g/mol. The maximum absolute atomic E-state index is 5.88. The van der Waals surface area contributed by atoms with Gasteiger partial charge in [-0.2, -0.15) is 0 Å². The first-order valence-corrected chi connectivity index (χ1v) is 7.86. The molecule has 0 amide bonds. The Morgan fingerprint density at radius 2 is 2.00 bits per heavy atom. The van der Waals surface area contributed by atoms with Crippen LogP contribution in [0.3, 0.4) is 0 Å². The highest BCUT2D eigenvalue weighted by atomic mass is 127. The quantitative estimate of drug-likeness (QED) is 0.424. The Bertz CT molecular complexity index is 475. The third-order valence-corrected chi connectivity index (χ3v) is 3.64. The second kappa shape index (κ2) is 9.22. The Morgan fingerprint density at radius 3 is 2.55 bits per heavy atom. The summed E-state index contributed by atoms with van der Waals surface area (Å²) in [6.45, 7) is 9.98. The molecular formula is C17H28IN3O. The van der Waals surface area contributed by atoms with E-state index in [4.69, 9.17) is 4.74 Å². The van der Waals surface area contributed by atoms with E-state index in [0.29, 0.717) is 12.6 Å². The van der Waals surface area contributed by atoms with Gasteiger partial charge < -0.3 is 15.4 Å². The third kappa shape index (κ3) is 6.42. The van der Waals surface area contributed by atoms with Gasteiger partial charge in [0.05, 0.1) is 6.54 Å². The summed E-state index contributed by atoms with van der Waals surface area (Å²) in [6.07, 6.45) is 1.29. The van der Waals surface area contributed by atoms with Crippen molar-refractivity contribution >= 4 is 29.9 Å². The summed E-state index contributed by atoms with van der Waals surface area (Å²) < 4.78 is 5.88. The minimum atomic E-state index is 0. The topological polar surface area (TPSA) is 45.7 Å². The van der Waals surface area contributed by atoms with Gasteiger partial charge in [-0.15, -0.1) is 24.0 Å². The lowest BCUT2D eigenvalue weighted by Crippen LogP contribution is -2.39. The first-order chi connectivity index (χ1) is 10.1. The fourth-order valence-electron chi connectivity index (χ4n) is 2.13. The van der Waals surface area contributed by atoms with Gasteiger partial charge in [-0.3, -0.25) is 0 Å². The van der Waals surface area contributed by atoms with Crippen molar-refractivity contribution < 1.29 is 4.74 Å². The summed E-state index contributed by atoms with van der Waals surface area (Å²) in [5, 5.41) is 6.74. The Labute approximate surface area is 151 Å². The first kappa shape index (κ1) is 19.1. The van der Waals surface area contributed by atoms with Gasteiger partial charge in [-0.25, -0.2) is 4.99 Å². The van der Waals surface area contributed by atoms with Crippen LogP contribution in [0.25, 0.3) is 0 Å². The van der Waals surface area contributed by atoms with Gasteiger partial charge in [-0.05, 0) is 45.2 Å². The van der Waals surface area contributed by atoms with Crippen molar-refractivity contribution in [1.29, 1.82) is 0 Å². The van der Waals surface area contributed by atoms with E-state index in [9.17, 15) is 0 Å². The first-order valence-electron chi connectivity index (χ1n) is 7.86. The summed E-state index contributed by atoms with van der Waals surface area (Å²) in [6, 6.07) is 8.71. The van der Waals surface area contributed by atoms with Crippen LogP contribution >= 0.6 is 24.0 Å². The predicted octanol–water partition coefficient (Wildman–Crippen LogP) is 3.34. The molecule has 2 rings (SSSR count). The Kier molecular flexibility index (Phi) is 8.00. The third-order valence-electron chi connectivity index (χ3n) is 3.64. The smallest absolute Gasteiger partial charge is 0.191 e. The van der Waals surface area contributed by atoms with Gasteiger partial charge in [0.1, 0.15) is 11.9 Å². The van der Waals surface area contributed by atoms with E-state index in [0.717, 1.165) is 24.2 Å². The zero-order valence-corrected chi connectivity index (χ0v) is 16.3. The summed E-state index contributed by atoms with van der Waals surface area (Å²) >= 11 is 0. The predicted molar refractivity (Wildman–Crippen MR) is 103 cm³/mol. The maximum atomic E-state index is 5.88. The molecule has 0 saturated heterocycles. The summed E-state index contributed by atoms with van der Waals surface area (Å²) in [4.78, 5) is 4.61. The van der Waals surface area contributed by atoms with Crippen molar-refractivity contribution in [1.82, 2.24) is 10.6 Å². The standard InChI is InChI=1S/C17H27N3O.HI/c1-5-18-17(20-16-10-13(16)3)19-11-14(4)21-15-8-6-12(2)7-9-15;/h6-9,13-14,16H,5,10-11H2,1-4H3,(H2,18,19,20);1H. The number of rotatable bonds is 6. The van der Waals surface area contributed by atoms with Gasteiger partial charge in [0.15, 0.2) is 5.96 Å². The molecule has 0 radical (unpaired) electrons. The molecule has 0 heterocycles. The highest BCUT2D eigenvalue weighted by Crippen LogP contribution is 2.28. The van der Waals surface area contributed by atoms with Crippen molar-refractivity contribution in [3.63, 3.8) is 0 Å². The van der Waals surface area contributed by atoms with Crippen LogP contribution in [-0.4, -0.2) is 31.2 Å². The van der Waals surface area contributed by atoms with E-state index < -0.39 is 0 Å². The van der Waals surface area contributed by atoms with Crippen LogP contribution < -0.4 is 15.4 Å². The van der Waals surface area contributed by atoms with E-state index in [1.807, 2.05) is 19.1 Å². The molecule has 2 N–H and O–H groups in total. The fourth-order valence-corrected chi connectivity index (χ4v) is 2.13. The number of ether oxygens (including phenoxy) is 1. The average Bonchev–Trinajstić information content (AvgIpc) is 3.14. The highest BCUT2D eigenvalue weighted by Gasteiger charge is 2.33. The molecule has 5 heteroatoms. The maximum Gasteiger partial charge on any atom is 0.191 e. The minimum absolute atomic E-state index is 0. The van der Waals surface area contributed by atoms with Gasteiger partial charge in [0, 0.05) is 12.6 Å². The molecule has 1 aromatic carbocycles. The van der Waals surface area contributed by atoms with E-state index in [1.54, 1.807) is 0 Å². The summed E-state index contributed by atoms with van der Waals surface area (Å²) in [7, 11) is 0. The Morgan fingerprint density at radius 1 is 1.36 bits per heavy atom. The normalized spacial score (nSPS) is 21.5. The zero-order chi connectivity index (χ0) is 15.2. The van der Waals surface area contributed by atoms with Crippen LogP contribution in [0.2, 0.25) is 0 Å². The molecule has 124 valence electrons. The molecule has 3 unspecified atom stereocenters. The van der Waals surface area contributed by atoms with Crippen LogP contribution in [0.15, 0.2) is 29.3 Å². The van der Waals surface area contributed by atoms with Crippen LogP contribution in [0.5, 0.6) is 5.75 Å². The van der Waals surface area contributed by atoms with Gasteiger partial charge in [0.2, 0.25) is 0 Å². The second-order valence-electron chi connectivity index (χ2n) is 5.92. The van der Waals surface area contributed by atoms with Crippen LogP contribution in [-0.2, 0) is 0 Å². The number of benzene rings is 1. The number of guanidine groups is 1. The molecule has 0 bridgehead atoms. The fraction of sp³-hybridized carbons (Fsp3) is 0.588. The monoisotopic (exact) mass is 417 g/mol. The number of nitrogens with one attached hydrogen (secondary N) is 2. The summed E-state index contributed by atoms with van der Waals surface area (Å²) in [5.74, 6) is 2.55. The lowest BCUT2D eigenvalue weighted by atomic mass is 10.2. The van der Waals surface area contributed by atoms with Crippen molar-refractivity contribution in [2.45, 2.75) is 46.3 Å². The van der Waals surface area contributed by atoms with Crippen molar-refractivity contribution in [2.75, 3.05) is 13.1 Å². The molecule has 1 aliphatic rings. The number of aliphatic imine (C=N–C) groups is 1. The number of halogens is 1. The van der Waals surface area contributed by atoms with Crippen LogP contribution in [0, 0.1) is 12.8 Å². The molecule has 1 aliphatic carbocycles. The molecule has 4 nitrogen and oxygen atoms in total. The molecule has 1 fully saturated rings. The SMILES string of the molecule is CCNC(=NCC(C)Oc1ccc(C)cc1)NC1CC1C.I. The number of hydrogen-bond acceptors (Lipinski definition) is 2. The number of nitrogens with zero attached hydrogens (tertiary/aromatic N) is 1. The van der Waals surface area contributed by atoms with Gasteiger partial charge in [0.25, 0.3) is 0 Å². The van der Waals surface area contributed by atoms with E-state index in [2.05, 4.69) is 48.5 Å². The van der Waals surface area contributed by atoms with E-state index in [-0.39, 0.29) is 30.1 Å². The van der Waals surface area contributed by atoms with Crippen molar-refractivity contribution in [2.24, 2.45) is 10.9 Å². The van der Waals surface area contributed by atoms with E-state index in [1.165, 1.54) is 12.0 Å². The molecule has 22 heavy (non-hydrogen) atoms. The second-order valence-corrected chi connectivity index (χ2v) is 5.92. The molecule has 0 spiro atoms. The molecule has 3 atom stereocenters. The zero-order valence-electron chi connectivity index (χ0n) is 13.9. The molecule has 1 saturated carbocycles. The molecule has 0 aromatic heterocycles. The molecule has 0 aliphatic heterocycles. The molecule has 1 aromatic rings.